The highest BCUT2D eigenvalue weighted by Crippen LogP contribution is 2.24. The number of methoxy groups -OCH3 is 2. The summed E-state index contributed by atoms with van der Waals surface area (Å²) in [5, 5.41) is 0. The van der Waals surface area contributed by atoms with Crippen molar-refractivity contribution in [2.24, 2.45) is 13.0 Å². The van der Waals surface area contributed by atoms with Gasteiger partial charge in [0.15, 0.2) is 0 Å². The quantitative estimate of drug-likeness (QED) is 0.482. The molecule has 0 unspecified atom stereocenters. The molecule has 6 nitrogen and oxygen atoms in total. The van der Waals surface area contributed by atoms with E-state index in [0.29, 0.717) is 5.92 Å². The molecule has 1 fully saturated rings. The fraction of sp³-hybridized carbons (Fsp3) is 0.500. The monoisotopic (exact) mass is 436 g/mol. The van der Waals surface area contributed by atoms with Crippen molar-refractivity contribution in [1.29, 1.82) is 0 Å². The van der Waals surface area contributed by atoms with Crippen molar-refractivity contribution in [3.05, 3.63) is 59.9 Å². The summed E-state index contributed by atoms with van der Waals surface area (Å²) in [5.41, 5.74) is 3.54. The molecular weight excluding hydrogens is 400 g/mol. The van der Waals surface area contributed by atoms with Crippen LogP contribution in [0.15, 0.2) is 48.5 Å². The average molecular weight is 437 g/mol. The van der Waals surface area contributed by atoms with Crippen LogP contribution in [-0.2, 0) is 24.9 Å². The van der Waals surface area contributed by atoms with Crippen LogP contribution in [0.1, 0.15) is 24.2 Å². The first-order valence-corrected chi connectivity index (χ1v) is 11.6. The lowest BCUT2D eigenvalue weighted by Gasteiger charge is -2.35. The van der Waals surface area contributed by atoms with Crippen LogP contribution in [0.3, 0.4) is 0 Å². The van der Waals surface area contributed by atoms with Gasteiger partial charge in [0.05, 0.1) is 31.3 Å². The van der Waals surface area contributed by atoms with Gasteiger partial charge in [0.25, 0.3) is 0 Å². The molecule has 6 heteroatoms. The first-order valence-electron chi connectivity index (χ1n) is 11.6. The zero-order chi connectivity index (χ0) is 22.3. The van der Waals surface area contributed by atoms with Crippen molar-refractivity contribution in [1.82, 2.24) is 19.4 Å². The molecule has 1 aromatic heterocycles. The summed E-state index contributed by atoms with van der Waals surface area (Å²) in [7, 11) is 5.66. The van der Waals surface area contributed by atoms with E-state index < -0.39 is 0 Å². The number of aryl methyl sites for hydroxylation is 1. The molecule has 0 saturated carbocycles. The van der Waals surface area contributed by atoms with Gasteiger partial charge in [-0.25, -0.2) is 4.98 Å². The minimum Gasteiger partial charge on any atom is -0.496 e. The minimum absolute atomic E-state index is 0.704. The number of ether oxygens (including phenoxy) is 2. The Morgan fingerprint density at radius 1 is 1.03 bits per heavy atom. The van der Waals surface area contributed by atoms with Gasteiger partial charge in [-0.05, 0) is 50.0 Å². The van der Waals surface area contributed by atoms with Gasteiger partial charge < -0.3 is 14.0 Å². The lowest BCUT2D eigenvalue weighted by atomic mass is 9.95. The molecule has 0 N–H and O–H groups in total. The third-order valence-corrected chi connectivity index (χ3v) is 6.67. The van der Waals surface area contributed by atoms with Gasteiger partial charge in [-0.15, -0.1) is 0 Å². The van der Waals surface area contributed by atoms with E-state index in [9.17, 15) is 0 Å². The Morgan fingerprint density at radius 3 is 2.53 bits per heavy atom. The lowest BCUT2D eigenvalue weighted by molar-refractivity contribution is 0.104. The van der Waals surface area contributed by atoms with E-state index in [4.69, 9.17) is 14.5 Å². The van der Waals surface area contributed by atoms with Crippen molar-refractivity contribution in [3.8, 4) is 5.75 Å². The Kier molecular flexibility index (Phi) is 7.79. The molecule has 1 saturated heterocycles. The summed E-state index contributed by atoms with van der Waals surface area (Å²) in [6, 6.07) is 16.7. The first kappa shape index (κ1) is 22.8. The summed E-state index contributed by atoms with van der Waals surface area (Å²) in [6.45, 7) is 6.85. The third-order valence-electron chi connectivity index (χ3n) is 6.67. The van der Waals surface area contributed by atoms with E-state index in [1.54, 1.807) is 14.2 Å². The largest absolute Gasteiger partial charge is 0.496 e. The molecule has 2 aromatic carbocycles. The van der Waals surface area contributed by atoms with Crippen LogP contribution in [0.2, 0.25) is 0 Å². The molecule has 0 amide bonds. The Morgan fingerprint density at radius 2 is 1.78 bits per heavy atom. The molecule has 2 heterocycles. The third kappa shape index (κ3) is 5.49. The molecule has 4 rings (SSSR count). The number of aromatic nitrogens is 2. The first-order chi connectivity index (χ1) is 15.7. The Bertz CT molecular complexity index is 994. The summed E-state index contributed by atoms with van der Waals surface area (Å²) in [4.78, 5) is 9.96. The maximum Gasteiger partial charge on any atom is 0.123 e. The number of imidazole rings is 1. The van der Waals surface area contributed by atoms with Crippen molar-refractivity contribution < 1.29 is 9.47 Å². The van der Waals surface area contributed by atoms with E-state index in [2.05, 4.69) is 63.9 Å². The molecule has 0 radical (unpaired) electrons. The fourth-order valence-electron chi connectivity index (χ4n) is 4.76. The SMILES string of the molecule is COCCN(Cc1nc2ccccc2n1C)CC1CCN(Cc2ccccc2OC)CC1. The van der Waals surface area contributed by atoms with Gasteiger partial charge >= 0.3 is 0 Å². The van der Waals surface area contributed by atoms with Crippen molar-refractivity contribution in [3.63, 3.8) is 0 Å². The molecule has 0 atom stereocenters. The number of piperidine rings is 1. The highest BCUT2D eigenvalue weighted by atomic mass is 16.5. The van der Waals surface area contributed by atoms with Crippen LogP contribution >= 0.6 is 0 Å². The number of para-hydroxylation sites is 3. The predicted octanol–water partition coefficient (Wildman–Crippen LogP) is 3.94. The van der Waals surface area contributed by atoms with Crippen LogP contribution in [0.25, 0.3) is 11.0 Å². The Balaban J connectivity index is 1.34. The molecule has 1 aliphatic rings. The molecule has 0 spiro atoms. The van der Waals surface area contributed by atoms with E-state index in [1.807, 2.05) is 6.07 Å². The highest BCUT2D eigenvalue weighted by Gasteiger charge is 2.23. The maximum atomic E-state index is 5.53. The van der Waals surface area contributed by atoms with Crippen LogP contribution in [0.5, 0.6) is 5.75 Å². The van der Waals surface area contributed by atoms with Gasteiger partial charge in [-0.1, -0.05) is 30.3 Å². The maximum absolute atomic E-state index is 5.53. The van der Waals surface area contributed by atoms with Gasteiger partial charge in [0, 0.05) is 39.4 Å². The zero-order valence-electron chi connectivity index (χ0n) is 19.7. The number of hydrogen-bond acceptors (Lipinski definition) is 5. The number of rotatable bonds is 10. The number of benzene rings is 2. The molecule has 3 aromatic rings. The van der Waals surface area contributed by atoms with Gasteiger partial charge in [0.2, 0.25) is 0 Å². The van der Waals surface area contributed by atoms with E-state index in [0.717, 1.165) is 63.0 Å². The number of nitrogens with zero attached hydrogens (tertiary/aromatic N) is 4. The van der Waals surface area contributed by atoms with Crippen molar-refractivity contribution >= 4 is 11.0 Å². The molecule has 32 heavy (non-hydrogen) atoms. The normalized spacial score (nSPS) is 15.6. The smallest absolute Gasteiger partial charge is 0.123 e. The summed E-state index contributed by atoms with van der Waals surface area (Å²) in [5.74, 6) is 2.81. The second-order valence-electron chi connectivity index (χ2n) is 8.84. The second kappa shape index (κ2) is 10.9. The predicted molar refractivity (Wildman–Crippen MR) is 129 cm³/mol. The second-order valence-corrected chi connectivity index (χ2v) is 8.84. The molecular formula is C26H36N4O2. The fourth-order valence-corrected chi connectivity index (χ4v) is 4.76. The highest BCUT2D eigenvalue weighted by molar-refractivity contribution is 5.75. The summed E-state index contributed by atoms with van der Waals surface area (Å²) < 4.78 is 13.2. The van der Waals surface area contributed by atoms with Gasteiger partial charge in [-0.2, -0.15) is 0 Å². The molecule has 0 bridgehead atoms. The van der Waals surface area contributed by atoms with Crippen molar-refractivity contribution in [2.45, 2.75) is 25.9 Å². The zero-order valence-corrected chi connectivity index (χ0v) is 19.7. The lowest BCUT2D eigenvalue weighted by Crippen LogP contribution is -2.39. The van der Waals surface area contributed by atoms with Gasteiger partial charge in [0.1, 0.15) is 11.6 Å². The Hall–Kier alpha value is -2.41. The standard InChI is InChI=1S/C26H36N4O2/c1-28-24-10-6-5-9-23(24)27-26(28)20-30(16-17-31-2)18-21-12-14-29(15-13-21)19-22-8-4-7-11-25(22)32-3/h4-11,21H,12-20H2,1-3H3. The van der Waals surface area contributed by atoms with Crippen molar-refractivity contribution in [2.75, 3.05) is 47.0 Å². The van der Waals surface area contributed by atoms with Crippen LogP contribution in [0.4, 0.5) is 0 Å². The summed E-state index contributed by atoms with van der Waals surface area (Å²) >= 11 is 0. The van der Waals surface area contributed by atoms with E-state index >= 15 is 0 Å². The summed E-state index contributed by atoms with van der Waals surface area (Å²) in [6.07, 6.45) is 2.45. The number of likely N-dealkylation sites (tertiary alicyclic amines) is 1. The van der Waals surface area contributed by atoms with E-state index in [1.165, 1.54) is 23.9 Å². The number of fused-ring (bicyclic) bond motifs is 1. The van der Waals surface area contributed by atoms with Gasteiger partial charge in [-0.3, -0.25) is 9.80 Å². The molecule has 0 aliphatic carbocycles. The molecule has 172 valence electrons. The van der Waals surface area contributed by atoms with Crippen LogP contribution in [0, 0.1) is 5.92 Å². The average Bonchev–Trinajstić information content (AvgIpc) is 3.14. The van der Waals surface area contributed by atoms with Crippen LogP contribution in [-0.4, -0.2) is 66.4 Å². The topological polar surface area (TPSA) is 42.8 Å². The number of hydrogen-bond donors (Lipinski definition) is 0. The minimum atomic E-state index is 0.704. The Labute approximate surface area is 191 Å². The van der Waals surface area contributed by atoms with Crippen LogP contribution < -0.4 is 4.74 Å². The van der Waals surface area contributed by atoms with E-state index in [-0.39, 0.29) is 0 Å². The molecule has 1 aliphatic heterocycles.